The normalized spacial score (nSPS) is 11.4. The van der Waals surface area contributed by atoms with Gasteiger partial charge in [0.2, 0.25) is 0 Å². The van der Waals surface area contributed by atoms with E-state index in [-0.39, 0.29) is 4.90 Å². The maximum absolute atomic E-state index is 12.0. The maximum atomic E-state index is 12.0. The molecule has 0 unspecified atom stereocenters. The number of aryl methyl sites for hydroxylation is 1. The number of sulfonamides is 1. The third kappa shape index (κ3) is 3.31. The summed E-state index contributed by atoms with van der Waals surface area (Å²) in [6.07, 6.45) is 1.28. The first-order valence-corrected chi connectivity index (χ1v) is 7.30. The second-order valence-electron chi connectivity index (χ2n) is 4.23. The lowest BCUT2D eigenvalue weighted by molar-refractivity contribution is 0.598. The molecule has 0 fully saturated rings. The van der Waals surface area contributed by atoms with E-state index in [0.717, 1.165) is 5.56 Å². The molecule has 2 aromatic rings. The fourth-order valence-corrected chi connectivity index (χ4v) is 2.40. The van der Waals surface area contributed by atoms with Gasteiger partial charge in [-0.3, -0.25) is 0 Å². The molecule has 100 valence electrons. The van der Waals surface area contributed by atoms with Crippen LogP contribution in [0.2, 0.25) is 0 Å². The minimum atomic E-state index is -3.68. The van der Waals surface area contributed by atoms with Crippen LogP contribution in [0.3, 0.4) is 0 Å². The van der Waals surface area contributed by atoms with Gasteiger partial charge in [0.1, 0.15) is 0 Å². The molecule has 5 heteroatoms. The van der Waals surface area contributed by atoms with Crippen LogP contribution in [0.25, 0.3) is 4.85 Å². The van der Waals surface area contributed by atoms with Crippen molar-refractivity contribution in [1.82, 2.24) is 0 Å². The van der Waals surface area contributed by atoms with Gasteiger partial charge in [-0.05, 0) is 24.6 Å². The topological polar surface area (TPSA) is 50.9 Å². The van der Waals surface area contributed by atoms with Crippen molar-refractivity contribution in [3.8, 4) is 0 Å². The Balaban J connectivity index is 2.25. The number of rotatable bonds is 3. The summed E-state index contributed by atoms with van der Waals surface area (Å²) in [5.41, 5.74) is 2.12. The summed E-state index contributed by atoms with van der Waals surface area (Å²) < 4.78 is 27.6. The van der Waals surface area contributed by atoms with Crippen molar-refractivity contribution >= 4 is 21.9 Å². The van der Waals surface area contributed by atoms with Crippen molar-refractivity contribution in [3.05, 3.63) is 71.1 Å². The predicted molar refractivity (Wildman–Crippen MR) is 78.7 cm³/mol. The van der Waals surface area contributed by atoms with Crippen LogP contribution in [0.1, 0.15) is 11.1 Å². The summed E-state index contributed by atoms with van der Waals surface area (Å²) in [6.45, 7) is 8.73. The molecule has 0 aromatic heterocycles. The van der Waals surface area contributed by atoms with Crippen LogP contribution in [0.5, 0.6) is 0 Å². The van der Waals surface area contributed by atoms with Crippen molar-refractivity contribution in [2.75, 3.05) is 0 Å². The summed E-state index contributed by atoms with van der Waals surface area (Å²) in [4.78, 5) is 3.43. The summed E-state index contributed by atoms with van der Waals surface area (Å²) in [5, 5.41) is 0. The van der Waals surface area contributed by atoms with Crippen molar-refractivity contribution < 1.29 is 8.42 Å². The van der Waals surface area contributed by atoms with Crippen LogP contribution < -0.4 is 0 Å². The van der Waals surface area contributed by atoms with E-state index in [1.165, 1.54) is 18.3 Å². The molecule has 0 amide bonds. The zero-order chi connectivity index (χ0) is 14.6. The molecule has 0 saturated heterocycles. The minimum absolute atomic E-state index is 0.164. The van der Waals surface area contributed by atoms with Gasteiger partial charge < -0.3 is 0 Å². The van der Waals surface area contributed by atoms with E-state index in [1.807, 2.05) is 6.92 Å². The molecule has 0 aliphatic rings. The van der Waals surface area contributed by atoms with Gasteiger partial charge in [0.05, 0.1) is 11.5 Å². The van der Waals surface area contributed by atoms with Crippen LogP contribution in [-0.2, 0) is 10.0 Å². The first kappa shape index (κ1) is 14.0. The third-order valence-corrected chi connectivity index (χ3v) is 3.93. The summed E-state index contributed by atoms with van der Waals surface area (Å²) >= 11 is 0. The van der Waals surface area contributed by atoms with Gasteiger partial charge in [-0.1, -0.05) is 42.0 Å². The van der Waals surface area contributed by atoms with E-state index in [2.05, 4.69) is 9.24 Å². The Morgan fingerprint density at radius 2 is 1.65 bits per heavy atom. The summed E-state index contributed by atoms with van der Waals surface area (Å²) in [6, 6.07) is 13.1. The molecular weight excluding hydrogens is 272 g/mol. The van der Waals surface area contributed by atoms with E-state index in [4.69, 9.17) is 6.57 Å². The molecule has 0 saturated carbocycles. The second kappa shape index (κ2) is 5.68. The SMILES string of the molecule is [C-]#[N+]c1ccc(C=NS(=O)(=O)c2ccc(C)cc2)cc1. The van der Waals surface area contributed by atoms with E-state index in [1.54, 1.807) is 36.4 Å². The Morgan fingerprint density at radius 3 is 2.20 bits per heavy atom. The van der Waals surface area contributed by atoms with Crippen molar-refractivity contribution in [2.24, 2.45) is 4.40 Å². The lowest BCUT2D eigenvalue weighted by Crippen LogP contribution is -1.97. The number of hydrogen-bond donors (Lipinski definition) is 0. The van der Waals surface area contributed by atoms with Crippen LogP contribution in [0, 0.1) is 13.5 Å². The standard InChI is InChI=1S/C15H12N2O2S/c1-12-3-9-15(10-4-12)20(18,19)17-11-13-5-7-14(16-2)8-6-13/h3-11H,1H3. The highest BCUT2D eigenvalue weighted by molar-refractivity contribution is 7.90. The Bertz CT molecular complexity index is 768. The van der Waals surface area contributed by atoms with Crippen LogP contribution in [-0.4, -0.2) is 14.6 Å². The molecule has 0 aliphatic heterocycles. The molecule has 0 radical (unpaired) electrons. The summed E-state index contributed by atoms with van der Waals surface area (Å²) in [7, 11) is -3.68. The van der Waals surface area contributed by atoms with E-state index < -0.39 is 10.0 Å². The van der Waals surface area contributed by atoms with E-state index in [0.29, 0.717) is 11.3 Å². The maximum Gasteiger partial charge on any atom is 0.282 e. The molecule has 0 aliphatic carbocycles. The van der Waals surface area contributed by atoms with Gasteiger partial charge in [-0.25, -0.2) is 4.85 Å². The van der Waals surface area contributed by atoms with Crippen molar-refractivity contribution in [2.45, 2.75) is 11.8 Å². The Kier molecular flexibility index (Phi) is 3.97. The highest BCUT2D eigenvalue weighted by Gasteiger charge is 2.10. The van der Waals surface area contributed by atoms with Crippen molar-refractivity contribution in [1.29, 1.82) is 0 Å². The smallest absolute Gasteiger partial charge is 0.238 e. The van der Waals surface area contributed by atoms with Gasteiger partial charge in [0.15, 0.2) is 5.69 Å². The Labute approximate surface area is 118 Å². The number of benzene rings is 2. The fourth-order valence-electron chi connectivity index (χ4n) is 1.54. The minimum Gasteiger partial charge on any atom is -0.238 e. The van der Waals surface area contributed by atoms with Gasteiger partial charge in [-0.2, -0.15) is 12.8 Å². The van der Waals surface area contributed by atoms with Crippen LogP contribution in [0.4, 0.5) is 5.69 Å². The third-order valence-electron chi connectivity index (χ3n) is 2.68. The number of hydrogen-bond acceptors (Lipinski definition) is 2. The molecule has 4 nitrogen and oxygen atoms in total. The molecule has 0 bridgehead atoms. The first-order valence-electron chi connectivity index (χ1n) is 5.86. The molecule has 0 heterocycles. The van der Waals surface area contributed by atoms with Crippen LogP contribution in [0.15, 0.2) is 57.8 Å². The molecule has 2 rings (SSSR count). The number of nitrogens with zero attached hydrogens (tertiary/aromatic N) is 2. The van der Waals surface area contributed by atoms with E-state index in [9.17, 15) is 8.42 Å². The molecule has 0 N–H and O–H groups in total. The zero-order valence-corrected chi connectivity index (χ0v) is 11.6. The van der Waals surface area contributed by atoms with E-state index >= 15 is 0 Å². The average Bonchev–Trinajstić information content (AvgIpc) is 2.46. The lowest BCUT2D eigenvalue weighted by Gasteiger charge is -1.99. The average molecular weight is 284 g/mol. The predicted octanol–water partition coefficient (Wildman–Crippen LogP) is 3.35. The van der Waals surface area contributed by atoms with Gasteiger partial charge >= 0.3 is 0 Å². The first-order chi connectivity index (χ1) is 9.51. The fraction of sp³-hybridized carbons (Fsp3) is 0.0667. The molecule has 0 spiro atoms. The van der Waals surface area contributed by atoms with Gasteiger partial charge in [0, 0.05) is 6.21 Å². The highest BCUT2D eigenvalue weighted by atomic mass is 32.2. The molecule has 2 aromatic carbocycles. The van der Waals surface area contributed by atoms with Crippen molar-refractivity contribution in [3.63, 3.8) is 0 Å². The molecule has 0 atom stereocenters. The van der Waals surface area contributed by atoms with Crippen LogP contribution >= 0.6 is 0 Å². The summed E-state index contributed by atoms with van der Waals surface area (Å²) in [5.74, 6) is 0. The highest BCUT2D eigenvalue weighted by Crippen LogP contribution is 2.14. The zero-order valence-electron chi connectivity index (χ0n) is 10.8. The van der Waals surface area contributed by atoms with Gasteiger partial charge in [-0.15, -0.1) is 0 Å². The molecule has 20 heavy (non-hydrogen) atoms. The lowest BCUT2D eigenvalue weighted by atomic mass is 10.2. The second-order valence-corrected chi connectivity index (χ2v) is 5.86. The Morgan fingerprint density at radius 1 is 1.05 bits per heavy atom. The largest absolute Gasteiger partial charge is 0.282 e. The quantitative estimate of drug-likeness (QED) is 0.641. The monoisotopic (exact) mass is 284 g/mol. The van der Waals surface area contributed by atoms with Gasteiger partial charge in [0.25, 0.3) is 10.0 Å². The Hall–Kier alpha value is -2.45. The molecular formula is C15H12N2O2S.